The van der Waals surface area contributed by atoms with Gasteiger partial charge in [-0.15, -0.1) is 0 Å². The predicted molar refractivity (Wildman–Crippen MR) is 121 cm³/mol. The van der Waals surface area contributed by atoms with Gasteiger partial charge in [0.2, 0.25) is 5.88 Å². The number of ether oxygens (including phenoxy) is 1. The van der Waals surface area contributed by atoms with Crippen molar-refractivity contribution in [2.24, 2.45) is 0 Å². The maximum Gasteiger partial charge on any atom is 0.336 e. The molecular weight excluding hydrogens is 420 g/mol. The normalized spacial score (nSPS) is 13.6. The van der Waals surface area contributed by atoms with Crippen LogP contribution in [0, 0.1) is 11.3 Å². The Bertz CT molecular complexity index is 1440. The number of fused-ring (bicyclic) bond motifs is 1. The lowest BCUT2D eigenvalue weighted by Crippen LogP contribution is -2.33. The van der Waals surface area contributed by atoms with E-state index in [4.69, 9.17) is 10.00 Å². The number of rotatable bonds is 5. The number of urea groups is 1. The summed E-state index contributed by atoms with van der Waals surface area (Å²) < 4.78 is 6.06. The minimum absolute atomic E-state index is 0.0974. The van der Waals surface area contributed by atoms with Gasteiger partial charge < -0.3 is 9.72 Å². The number of aryl methyl sites for hydroxylation is 1. The molecule has 1 N–H and O–H groups in total. The summed E-state index contributed by atoms with van der Waals surface area (Å²) in [4.78, 5) is 39.8. The van der Waals surface area contributed by atoms with Crippen LogP contribution in [0.2, 0.25) is 0 Å². The lowest BCUT2D eigenvalue weighted by molar-refractivity contribution is -0.115. The molecule has 0 unspecified atom stereocenters. The third kappa shape index (κ3) is 3.53. The monoisotopic (exact) mass is 438 g/mol. The Morgan fingerprint density at radius 3 is 2.82 bits per heavy atom. The number of hydrogen-bond donors (Lipinski definition) is 1. The van der Waals surface area contributed by atoms with E-state index in [0.717, 1.165) is 15.8 Å². The highest BCUT2D eigenvalue weighted by atomic mass is 16.5. The standard InChI is InChI=1S/C24H18N6O3/c1-2-16-11-18(6-7-20(16)33-23-19-8-9-26-22(19)27-14-28-23)30-21(31)13-29(24(30)32)17-5-3-4-15(10-17)12-25/h3-11,14H,2,13H2,1H3,(H,26,27,28). The van der Waals surface area contributed by atoms with Crippen molar-refractivity contribution in [3.05, 3.63) is 72.2 Å². The van der Waals surface area contributed by atoms with Crippen LogP contribution >= 0.6 is 0 Å². The van der Waals surface area contributed by atoms with Crippen LogP contribution in [0.15, 0.2) is 61.1 Å². The third-order valence-corrected chi connectivity index (χ3v) is 5.46. The zero-order chi connectivity index (χ0) is 22.9. The first-order valence-corrected chi connectivity index (χ1v) is 10.3. The Labute approximate surface area is 188 Å². The molecule has 0 saturated carbocycles. The molecule has 0 atom stereocenters. The SMILES string of the molecule is CCc1cc(N2C(=O)CN(c3cccc(C#N)c3)C2=O)ccc1Oc1ncnc2[nH]ccc12. The van der Waals surface area contributed by atoms with Crippen LogP contribution in [0.5, 0.6) is 11.6 Å². The highest BCUT2D eigenvalue weighted by molar-refractivity contribution is 6.27. The molecular formula is C24H18N6O3. The van der Waals surface area contributed by atoms with Crippen LogP contribution in [-0.4, -0.2) is 33.4 Å². The Morgan fingerprint density at radius 1 is 1.12 bits per heavy atom. The molecule has 9 nitrogen and oxygen atoms in total. The minimum atomic E-state index is -0.462. The van der Waals surface area contributed by atoms with Gasteiger partial charge in [-0.25, -0.2) is 19.7 Å². The van der Waals surface area contributed by atoms with Crippen LogP contribution in [0.25, 0.3) is 11.0 Å². The molecule has 0 radical (unpaired) electrons. The molecule has 3 amide bonds. The number of aromatic nitrogens is 3. The highest BCUT2D eigenvalue weighted by Gasteiger charge is 2.38. The summed E-state index contributed by atoms with van der Waals surface area (Å²) in [6.07, 6.45) is 3.80. The topological polar surface area (TPSA) is 115 Å². The van der Waals surface area contributed by atoms with Gasteiger partial charge in [0.15, 0.2) is 0 Å². The fourth-order valence-corrected chi connectivity index (χ4v) is 3.82. The van der Waals surface area contributed by atoms with Crippen LogP contribution in [0.4, 0.5) is 16.2 Å². The molecule has 0 spiro atoms. The summed E-state index contributed by atoms with van der Waals surface area (Å²) in [5.41, 5.74) is 2.87. The molecule has 33 heavy (non-hydrogen) atoms. The van der Waals surface area contributed by atoms with Crippen molar-refractivity contribution in [3.63, 3.8) is 0 Å². The Balaban J connectivity index is 1.45. The third-order valence-electron chi connectivity index (χ3n) is 5.46. The Morgan fingerprint density at radius 2 is 2.00 bits per heavy atom. The highest BCUT2D eigenvalue weighted by Crippen LogP contribution is 2.33. The fraction of sp³-hybridized carbons (Fsp3) is 0.125. The number of benzene rings is 2. The largest absolute Gasteiger partial charge is 0.438 e. The van der Waals surface area contributed by atoms with Crippen LogP contribution in [-0.2, 0) is 11.2 Å². The zero-order valence-electron chi connectivity index (χ0n) is 17.6. The van der Waals surface area contributed by atoms with Gasteiger partial charge in [-0.3, -0.25) is 9.69 Å². The molecule has 0 aliphatic carbocycles. The van der Waals surface area contributed by atoms with E-state index in [1.54, 1.807) is 48.7 Å². The number of H-pyrrole nitrogens is 1. The molecule has 1 aliphatic rings. The lowest BCUT2D eigenvalue weighted by atomic mass is 10.1. The first-order chi connectivity index (χ1) is 16.1. The van der Waals surface area contributed by atoms with Gasteiger partial charge in [0.25, 0.3) is 5.91 Å². The number of nitrogens with zero attached hydrogens (tertiary/aromatic N) is 5. The summed E-state index contributed by atoms with van der Waals surface area (Å²) >= 11 is 0. The molecule has 1 aliphatic heterocycles. The summed E-state index contributed by atoms with van der Waals surface area (Å²) in [6, 6.07) is 15.2. The van der Waals surface area contributed by atoms with E-state index >= 15 is 0 Å². The van der Waals surface area contributed by atoms with Crippen molar-refractivity contribution in [3.8, 4) is 17.7 Å². The number of carbonyl (C=O) groups is 2. The molecule has 0 bridgehead atoms. The van der Waals surface area contributed by atoms with E-state index in [9.17, 15) is 9.59 Å². The molecule has 1 fully saturated rings. The van der Waals surface area contributed by atoms with Gasteiger partial charge >= 0.3 is 6.03 Å². The van der Waals surface area contributed by atoms with Gasteiger partial charge in [-0.1, -0.05) is 13.0 Å². The average molecular weight is 438 g/mol. The summed E-state index contributed by atoms with van der Waals surface area (Å²) in [6.45, 7) is 1.87. The molecule has 162 valence electrons. The maximum absolute atomic E-state index is 13.1. The number of amides is 3. The first kappa shape index (κ1) is 20.2. The molecule has 3 heterocycles. The number of imide groups is 1. The van der Waals surface area contributed by atoms with Crippen LogP contribution in [0.3, 0.4) is 0 Å². The number of carbonyl (C=O) groups excluding carboxylic acids is 2. The lowest BCUT2D eigenvalue weighted by Gasteiger charge is -2.19. The van der Waals surface area contributed by atoms with Crippen LogP contribution < -0.4 is 14.5 Å². The van der Waals surface area contributed by atoms with E-state index in [1.165, 1.54) is 11.2 Å². The molecule has 2 aromatic carbocycles. The molecule has 9 heteroatoms. The van der Waals surface area contributed by atoms with Crippen molar-refractivity contribution in [1.29, 1.82) is 5.26 Å². The average Bonchev–Trinajstić information content (AvgIpc) is 3.44. The van der Waals surface area contributed by atoms with E-state index in [2.05, 4.69) is 15.0 Å². The van der Waals surface area contributed by atoms with Gasteiger partial charge in [0.05, 0.1) is 22.7 Å². The summed E-state index contributed by atoms with van der Waals surface area (Å²) in [7, 11) is 0. The second-order valence-electron chi connectivity index (χ2n) is 7.43. The van der Waals surface area contributed by atoms with Crippen molar-refractivity contribution in [1.82, 2.24) is 15.0 Å². The Hall–Kier alpha value is -4.71. The van der Waals surface area contributed by atoms with Crippen LogP contribution in [0.1, 0.15) is 18.1 Å². The molecule has 5 rings (SSSR count). The summed E-state index contributed by atoms with van der Waals surface area (Å²) in [5, 5.41) is 9.89. The van der Waals surface area contributed by atoms with Gasteiger partial charge in [-0.05, 0) is 54.4 Å². The minimum Gasteiger partial charge on any atom is -0.438 e. The van der Waals surface area contributed by atoms with E-state index < -0.39 is 6.03 Å². The van der Waals surface area contributed by atoms with E-state index in [0.29, 0.717) is 40.6 Å². The van der Waals surface area contributed by atoms with Crippen molar-refractivity contribution >= 4 is 34.3 Å². The second-order valence-corrected chi connectivity index (χ2v) is 7.43. The number of nitriles is 1. The number of aromatic amines is 1. The summed E-state index contributed by atoms with van der Waals surface area (Å²) in [5.74, 6) is 0.656. The Kier molecular flexibility index (Phi) is 4.95. The number of hydrogen-bond acceptors (Lipinski definition) is 6. The number of anilines is 2. The number of nitrogens with one attached hydrogen (secondary N) is 1. The van der Waals surface area contributed by atoms with Gasteiger partial charge in [0.1, 0.15) is 24.3 Å². The second kappa shape index (κ2) is 8.09. The van der Waals surface area contributed by atoms with Crippen molar-refractivity contribution in [2.75, 3.05) is 16.3 Å². The van der Waals surface area contributed by atoms with E-state index in [1.807, 2.05) is 19.1 Å². The van der Waals surface area contributed by atoms with E-state index in [-0.39, 0.29) is 12.5 Å². The van der Waals surface area contributed by atoms with Crippen molar-refractivity contribution < 1.29 is 14.3 Å². The first-order valence-electron chi connectivity index (χ1n) is 10.3. The predicted octanol–water partition coefficient (Wildman–Crippen LogP) is 4.16. The molecule has 1 saturated heterocycles. The zero-order valence-corrected chi connectivity index (χ0v) is 17.6. The van der Waals surface area contributed by atoms with Gasteiger partial charge in [0, 0.05) is 11.9 Å². The maximum atomic E-state index is 13.1. The molecule has 2 aromatic heterocycles. The quantitative estimate of drug-likeness (QED) is 0.468. The molecule has 4 aromatic rings. The van der Waals surface area contributed by atoms with Crippen molar-refractivity contribution in [2.45, 2.75) is 13.3 Å². The van der Waals surface area contributed by atoms with Gasteiger partial charge in [-0.2, -0.15) is 5.26 Å². The smallest absolute Gasteiger partial charge is 0.336 e. The fourth-order valence-electron chi connectivity index (χ4n) is 3.82.